The Morgan fingerprint density at radius 1 is 1.24 bits per heavy atom. The summed E-state index contributed by atoms with van der Waals surface area (Å²) in [5.74, 6) is -0.726. The highest BCUT2D eigenvalue weighted by molar-refractivity contribution is 6.32. The van der Waals surface area contributed by atoms with Gasteiger partial charge < -0.3 is 9.16 Å². The van der Waals surface area contributed by atoms with Gasteiger partial charge in [0.15, 0.2) is 15.5 Å². The molecule has 0 radical (unpaired) electrons. The van der Waals surface area contributed by atoms with Crippen molar-refractivity contribution in [2.75, 3.05) is 7.11 Å². The van der Waals surface area contributed by atoms with E-state index in [0.717, 1.165) is 12.8 Å². The average Bonchev–Trinajstić information content (AvgIpc) is 2.40. The van der Waals surface area contributed by atoms with Crippen molar-refractivity contribution in [3.8, 4) is 0 Å². The van der Waals surface area contributed by atoms with Crippen molar-refractivity contribution in [1.82, 2.24) is 0 Å². The molecular weight excluding hydrogens is 284 g/mol. The number of hydrogen-bond donors (Lipinski definition) is 0. The second-order valence-electron chi connectivity index (χ2n) is 6.44. The van der Waals surface area contributed by atoms with E-state index >= 15 is 0 Å². The first-order valence-electron chi connectivity index (χ1n) is 7.68. The Hall–Kier alpha value is -0.943. The number of hydrogen-bond acceptors (Lipinski definition) is 4. The highest BCUT2D eigenvalue weighted by Gasteiger charge is 2.22. The lowest BCUT2D eigenvalue weighted by Crippen LogP contribution is -2.29. The van der Waals surface area contributed by atoms with E-state index in [1.807, 2.05) is 6.08 Å². The van der Waals surface area contributed by atoms with Crippen LogP contribution in [0, 0.1) is 0 Å². The third-order valence-corrected chi connectivity index (χ3v) is 4.24. The quantitative estimate of drug-likeness (QED) is 0.204. The molecule has 0 aromatic carbocycles. The molecule has 122 valence electrons. The summed E-state index contributed by atoms with van der Waals surface area (Å²) >= 11 is 0. The number of esters is 1. The van der Waals surface area contributed by atoms with Gasteiger partial charge in [-0.1, -0.05) is 52.7 Å². The summed E-state index contributed by atoms with van der Waals surface area (Å²) in [6.07, 6.45) is 7.38. The maximum absolute atomic E-state index is 12.1. The summed E-state index contributed by atoms with van der Waals surface area (Å²) in [4.78, 5) is 23.3. The molecule has 4 nitrogen and oxygen atoms in total. The summed E-state index contributed by atoms with van der Waals surface area (Å²) in [6, 6.07) is 0. The van der Waals surface area contributed by atoms with E-state index in [-0.39, 0.29) is 17.2 Å². The van der Waals surface area contributed by atoms with Crippen LogP contribution in [0.2, 0.25) is 5.04 Å². The molecule has 5 heteroatoms. The van der Waals surface area contributed by atoms with Crippen LogP contribution < -0.4 is 0 Å². The molecule has 21 heavy (non-hydrogen) atoms. The molecule has 0 saturated heterocycles. The number of carbonyl (C=O) groups is 2. The smallest absolute Gasteiger partial charge is 0.313 e. The van der Waals surface area contributed by atoms with Crippen LogP contribution in [-0.2, 0) is 18.8 Å². The van der Waals surface area contributed by atoms with Gasteiger partial charge in [-0.25, -0.2) is 0 Å². The molecule has 0 amide bonds. The van der Waals surface area contributed by atoms with Crippen LogP contribution in [0.3, 0.4) is 0 Å². The summed E-state index contributed by atoms with van der Waals surface area (Å²) in [7, 11) is 0.439. The van der Waals surface area contributed by atoms with Gasteiger partial charge in [0.2, 0.25) is 0 Å². The molecule has 0 rings (SSSR count). The molecule has 0 N–H and O–H groups in total. The lowest BCUT2D eigenvalue weighted by atomic mass is 10.1. The largest absolute Gasteiger partial charge is 0.469 e. The minimum absolute atomic E-state index is 0.111. The van der Waals surface area contributed by atoms with Crippen molar-refractivity contribution in [3.05, 3.63) is 12.2 Å². The first-order valence-corrected chi connectivity index (χ1v) is 8.96. The lowest BCUT2D eigenvalue weighted by molar-refractivity contribution is -0.144. The van der Waals surface area contributed by atoms with Gasteiger partial charge in [0, 0.05) is 0 Å². The Morgan fingerprint density at radius 3 is 2.43 bits per heavy atom. The number of carbonyl (C=O) groups excluding carboxylic acids is 2. The van der Waals surface area contributed by atoms with Crippen LogP contribution in [0.5, 0.6) is 0 Å². The van der Waals surface area contributed by atoms with Gasteiger partial charge in [-0.2, -0.15) is 0 Å². The zero-order chi connectivity index (χ0) is 16.3. The van der Waals surface area contributed by atoms with Crippen molar-refractivity contribution in [2.45, 2.75) is 70.9 Å². The van der Waals surface area contributed by atoms with Crippen LogP contribution in [-0.4, -0.2) is 34.7 Å². The van der Waals surface area contributed by atoms with Crippen LogP contribution in [0.25, 0.3) is 0 Å². The van der Waals surface area contributed by atoms with E-state index in [4.69, 9.17) is 4.43 Å². The fraction of sp³-hybridized carbons (Fsp3) is 0.750. The highest BCUT2D eigenvalue weighted by Crippen LogP contribution is 2.21. The Kier molecular flexibility index (Phi) is 10.3. The summed E-state index contributed by atoms with van der Waals surface area (Å²) < 4.78 is 10.4. The van der Waals surface area contributed by atoms with Gasteiger partial charge in [-0.05, 0) is 17.9 Å². The Morgan fingerprint density at radius 2 is 1.90 bits per heavy atom. The van der Waals surface area contributed by atoms with E-state index in [2.05, 4.69) is 32.4 Å². The van der Waals surface area contributed by atoms with Crippen molar-refractivity contribution in [1.29, 1.82) is 0 Å². The third kappa shape index (κ3) is 11.4. The first kappa shape index (κ1) is 20.1. The fourth-order valence-electron chi connectivity index (χ4n) is 1.64. The van der Waals surface area contributed by atoms with Gasteiger partial charge in [0.1, 0.15) is 12.5 Å². The van der Waals surface area contributed by atoms with Crippen LogP contribution in [0.15, 0.2) is 12.2 Å². The van der Waals surface area contributed by atoms with E-state index in [1.54, 1.807) is 6.08 Å². The molecule has 0 bridgehead atoms. The standard InChI is InChI=1S/C16H30O4Si/c1-6-7-8-9-10-11-14(20-21-16(2,3)4)13(17)12-15(18)19-5/h10-11,14H,6-9,12,21H2,1-5H3. The van der Waals surface area contributed by atoms with Gasteiger partial charge >= 0.3 is 5.97 Å². The third-order valence-electron chi connectivity index (χ3n) is 2.84. The Balaban J connectivity index is 4.52. The number of ketones is 1. The number of unbranched alkanes of at least 4 members (excludes halogenated alkanes) is 3. The van der Waals surface area contributed by atoms with Gasteiger partial charge in [0.05, 0.1) is 7.11 Å². The molecule has 0 aliphatic carbocycles. The predicted octanol–water partition coefficient (Wildman–Crippen LogP) is 2.94. The maximum atomic E-state index is 12.1. The molecule has 0 aromatic rings. The minimum atomic E-state index is -0.849. The number of methoxy groups -OCH3 is 1. The summed E-state index contributed by atoms with van der Waals surface area (Å²) in [6.45, 7) is 8.47. The molecular formula is C16H30O4Si. The number of Topliss-reactive ketones (excluding diaryl/α,β-unsaturated/α-hetero) is 1. The fourth-order valence-corrected chi connectivity index (χ4v) is 2.62. The van der Waals surface area contributed by atoms with Crippen LogP contribution in [0.4, 0.5) is 0 Å². The van der Waals surface area contributed by atoms with Gasteiger partial charge in [-0.15, -0.1) is 0 Å². The SMILES string of the molecule is CCCCCC=CC(O[SiH2]C(C)(C)C)C(=O)CC(=O)OC. The molecule has 0 aromatic heterocycles. The monoisotopic (exact) mass is 314 g/mol. The maximum Gasteiger partial charge on any atom is 0.313 e. The van der Waals surface area contributed by atoms with Gasteiger partial charge in [0.25, 0.3) is 0 Å². The van der Waals surface area contributed by atoms with Gasteiger partial charge in [-0.3, -0.25) is 9.59 Å². The highest BCUT2D eigenvalue weighted by atomic mass is 28.2. The molecule has 0 aliphatic heterocycles. The van der Waals surface area contributed by atoms with E-state index in [1.165, 1.54) is 20.0 Å². The van der Waals surface area contributed by atoms with Crippen molar-refractivity contribution in [2.24, 2.45) is 0 Å². The molecule has 0 saturated carbocycles. The van der Waals surface area contributed by atoms with Crippen LogP contribution >= 0.6 is 0 Å². The predicted molar refractivity (Wildman–Crippen MR) is 88.1 cm³/mol. The Labute approximate surface area is 131 Å². The van der Waals surface area contributed by atoms with Crippen molar-refractivity contribution >= 4 is 21.5 Å². The molecule has 0 spiro atoms. The number of ether oxygens (including phenoxy) is 1. The zero-order valence-corrected chi connectivity index (χ0v) is 15.5. The van der Waals surface area contributed by atoms with E-state index < -0.39 is 21.8 Å². The second kappa shape index (κ2) is 10.7. The zero-order valence-electron chi connectivity index (χ0n) is 14.1. The number of allylic oxidation sites excluding steroid dienone is 1. The molecule has 1 atom stereocenters. The molecule has 0 fully saturated rings. The normalized spacial score (nSPS) is 14.0. The molecule has 1 unspecified atom stereocenters. The minimum Gasteiger partial charge on any atom is -0.469 e. The number of rotatable bonds is 10. The lowest BCUT2D eigenvalue weighted by Gasteiger charge is -2.21. The van der Waals surface area contributed by atoms with E-state index in [9.17, 15) is 9.59 Å². The summed E-state index contributed by atoms with van der Waals surface area (Å²) in [5, 5.41) is 0.111. The second-order valence-corrected chi connectivity index (χ2v) is 9.18. The topological polar surface area (TPSA) is 52.6 Å². The first-order chi connectivity index (χ1) is 9.80. The van der Waals surface area contributed by atoms with Crippen LogP contribution in [0.1, 0.15) is 59.8 Å². The Bertz CT molecular complexity index is 345. The van der Waals surface area contributed by atoms with Crippen molar-refractivity contribution < 1.29 is 18.8 Å². The molecule has 0 aliphatic rings. The van der Waals surface area contributed by atoms with E-state index in [0.29, 0.717) is 0 Å². The average molecular weight is 314 g/mol. The van der Waals surface area contributed by atoms with Crippen molar-refractivity contribution in [3.63, 3.8) is 0 Å². The summed E-state index contributed by atoms with van der Waals surface area (Å²) in [5.41, 5.74) is 0. The molecule has 0 heterocycles.